The van der Waals surface area contributed by atoms with Crippen molar-refractivity contribution in [1.82, 2.24) is 5.32 Å². The zero-order valence-electron chi connectivity index (χ0n) is 16.3. The van der Waals surface area contributed by atoms with E-state index in [2.05, 4.69) is 5.32 Å². The largest absolute Gasteiger partial charge is 0.497 e. The van der Waals surface area contributed by atoms with Gasteiger partial charge in [-0.05, 0) is 35.4 Å². The van der Waals surface area contributed by atoms with Gasteiger partial charge in [0.25, 0.3) is 5.91 Å². The summed E-state index contributed by atoms with van der Waals surface area (Å²) in [4.78, 5) is 13.3. The fraction of sp³-hybridized carbons (Fsp3) is 0.160. The van der Waals surface area contributed by atoms with Gasteiger partial charge in [-0.2, -0.15) is 0 Å². The monoisotopic (exact) mass is 385 g/mol. The van der Waals surface area contributed by atoms with E-state index in [0.717, 1.165) is 34.6 Å². The molecular weight excluding hydrogens is 362 g/mol. The lowest BCUT2D eigenvalue weighted by Gasteiger charge is -2.27. The summed E-state index contributed by atoms with van der Waals surface area (Å²) in [5.74, 6) is 1.52. The molecule has 1 aliphatic heterocycles. The Hall–Kier alpha value is -3.53. The van der Waals surface area contributed by atoms with Crippen molar-refractivity contribution in [3.63, 3.8) is 0 Å². The van der Waals surface area contributed by atoms with Gasteiger partial charge in [0.1, 0.15) is 11.5 Å². The zero-order valence-corrected chi connectivity index (χ0v) is 16.3. The molecule has 0 fully saturated rings. The van der Waals surface area contributed by atoms with E-state index in [1.165, 1.54) is 0 Å². The van der Waals surface area contributed by atoms with Gasteiger partial charge in [0.2, 0.25) is 0 Å². The van der Waals surface area contributed by atoms with Crippen LogP contribution in [0.5, 0.6) is 11.5 Å². The number of hydrogen-bond donors (Lipinski definition) is 1. The van der Waals surface area contributed by atoms with Crippen molar-refractivity contribution < 1.29 is 14.3 Å². The van der Waals surface area contributed by atoms with Crippen LogP contribution in [-0.2, 0) is 4.79 Å². The highest BCUT2D eigenvalue weighted by Crippen LogP contribution is 2.32. The van der Waals surface area contributed by atoms with E-state index in [1.54, 1.807) is 7.11 Å². The molecule has 1 atom stereocenters. The first-order valence-corrected chi connectivity index (χ1v) is 9.68. The van der Waals surface area contributed by atoms with Crippen molar-refractivity contribution in [2.45, 2.75) is 12.5 Å². The average molecular weight is 385 g/mol. The smallest absolute Gasteiger partial charge is 0.252 e. The number of carbonyl (C=O) groups excluding carboxylic acids is 1. The van der Waals surface area contributed by atoms with Gasteiger partial charge in [-0.3, -0.25) is 4.79 Å². The molecule has 1 heterocycles. The van der Waals surface area contributed by atoms with Gasteiger partial charge in [0.05, 0.1) is 19.8 Å². The number of rotatable bonds is 5. The van der Waals surface area contributed by atoms with Crippen LogP contribution in [0.2, 0.25) is 0 Å². The molecule has 4 rings (SSSR count). The summed E-state index contributed by atoms with van der Waals surface area (Å²) in [6.07, 6.45) is 2.66. The fourth-order valence-electron chi connectivity index (χ4n) is 3.49. The molecule has 0 radical (unpaired) electrons. The third-order valence-corrected chi connectivity index (χ3v) is 5.02. The summed E-state index contributed by atoms with van der Waals surface area (Å²) < 4.78 is 10.9. The average Bonchev–Trinajstić information content (AvgIpc) is 2.78. The van der Waals surface area contributed by atoms with Crippen LogP contribution < -0.4 is 14.8 Å². The predicted molar refractivity (Wildman–Crippen MR) is 115 cm³/mol. The number of benzene rings is 3. The Morgan fingerprint density at radius 2 is 1.72 bits per heavy atom. The minimum atomic E-state index is -0.103. The van der Waals surface area contributed by atoms with Crippen molar-refractivity contribution in [3.8, 4) is 11.5 Å². The van der Waals surface area contributed by atoms with Gasteiger partial charge in [-0.15, -0.1) is 0 Å². The topological polar surface area (TPSA) is 47.6 Å². The van der Waals surface area contributed by atoms with Gasteiger partial charge in [0.15, 0.2) is 0 Å². The SMILES string of the molecule is COc1ccc(/C=C(/C(=O)NC2CCOc3ccccc32)c2ccccc2)cc1. The van der Waals surface area contributed by atoms with Crippen molar-refractivity contribution in [2.75, 3.05) is 13.7 Å². The van der Waals surface area contributed by atoms with Crippen molar-refractivity contribution >= 4 is 17.6 Å². The Bertz CT molecular complexity index is 1010. The van der Waals surface area contributed by atoms with Gasteiger partial charge >= 0.3 is 0 Å². The molecule has 0 saturated carbocycles. The molecule has 0 aromatic heterocycles. The first kappa shape index (κ1) is 18.8. The fourth-order valence-corrected chi connectivity index (χ4v) is 3.49. The molecule has 1 amide bonds. The molecule has 29 heavy (non-hydrogen) atoms. The van der Waals surface area contributed by atoms with Crippen LogP contribution in [0, 0.1) is 0 Å². The second-order valence-electron chi connectivity index (χ2n) is 6.90. The van der Waals surface area contributed by atoms with Gasteiger partial charge in [-0.25, -0.2) is 0 Å². The lowest BCUT2D eigenvalue weighted by molar-refractivity contribution is -0.116. The highest BCUT2D eigenvalue weighted by Gasteiger charge is 2.24. The Labute approximate surface area is 170 Å². The second-order valence-corrected chi connectivity index (χ2v) is 6.90. The normalized spacial score (nSPS) is 15.8. The number of amides is 1. The Morgan fingerprint density at radius 3 is 2.48 bits per heavy atom. The summed E-state index contributed by atoms with van der Waals surface area (Å²) in [6, 6.07) is 25.2. The maximum Gasteiger partial charge on any atom is 0.252 e. The van der Waals surface area contributed by atoms with Crippen molar-refractivity contribution in [3.05, 3.63) is 95.6 Å². The molecule has 146 valence electrons. The number of nitrogens with one attached hydrogen (secondary N) is 1. The number of para-hydroxylation sites is 1. The Kier molecular flexibility index (Phi) is 5.61. The van der Waals surface area contributed by atoms with Gasteiger partial charge in [-0.1, -0.05) is 60.7 Å². The van der Waals surface area contributed by atoms with E-state index in [-0.39, 0.29) is 11.9 Å². The van der Waals surface area contributed by atoms with E-state index in [9.17, 15) is 4.79 Å². The summed E-state index contributed by atoms with van der Waals surface area (Å²) in [5.41, 5.74) is 3.46. The van der Waals surface area contributed by atoms with E-state index in [4.69, 9.17) is 9.47 Å². The number of ether oxygens (including phenoxy) is 2. The van der Waals surface area contributed by atoms with Gasteiger partial charge in [0, 0.05) is 17.6 Å². The summed E-state index contributed by atoms with van der Waals surface area (Å²) in [5, 5.41) is 3.20. The maximum absolute atomic E-state index is 13.3. The molecule has 4 heteroatoms. The predicted octanol–water partition coefficient (Wildman–Crippen LogP) is 4.88. The van der Waals surface area contributed by atoms with Crippen LogP contribution in [0.1, 0.15) is 29.2 Å². The third kappa shape index (κ3) is 4.32. The van der Waals surface area contributed by atoms with E-state index in [0.29, 0.717) is 12.2 Å². The lowest BCUT2D eigenvalue weighted by atomic mass is 9.98. The zero-order chi connectivity index (χ0) is 20.1. The summed E-state index contributed by atoms with van der Waals surface area (Å²) in [6.45, 7) is 0.588. The number of hydrogen-bond acceptors (Lipinski definition) is 3. The van der Waals surface area contributed by atoms with Crippen LogP contribution in [-0.4, -0.2) is 19.6 Å². The first-order valence-electron chi connectivity index (χ1n) is 9.68. The van der Waals surface area contributed by atoms with E-state index in [1.807, 2.05) is 84.9 Å². The molecule has 1 unspecified atom stereocenters. The molecule has 3 aromatic rings. The molecule has 1 N–H and O–H groups in total. The quantitative estimate of drug-likeness (QED) is 0.503. The highest BCUT2D eigenvalue weighted by atomic mass is 16.5. The molecule has 0 saturated heterocycles. The summed E-state index contributed by atoms with van der Waals surface area (Å²) >= 11 is 0. The van der Waals surface area contributed by atoms with Gasteiger partial charge < -0.3 is 14.8 Å². The maximum atomic E-state index is 13.3. The molecular formula is C25H23NO3. The van der Waals surface area contributed by atoms with E-state index < -0.39 is 0 Å². The second kappa shape index (κ2) is 8.65. The van der Waals surface area contributed by atoms with Crippen molar-refractivity contribution in [2.24, 2.45) is 0 Å². The molecule has 0 bridgehead atoms. The van der Waals surface area contributed by atoms with Crippen LogP contribution in [0.25, 0.3) is 11.6 Å². The number of methoxy groups -OCH3 is 1. The molecule has 1 aliphatic rings. The van der Waals surface area contributed by atoms with Crippen LogP contribution >= 0.6 is 0 Å². The van der Waals surface area contributed by atoms with Crippen LogP contribution in [0.3, 0.4) is 0 Å². The third-order valence-electron chi connectivity index (χ3n) is 5.02. The standard InChI is InChI=1S/C25H23NO3/c1-28-20-13-11-18(12-14-20)17-22(19-7-3-2-4-8-19)25(27)26-23-15-16-29-24-10-6-5-9-21(23)24/h2-14,17,23H,15-16H2,1H3,(H,26,27)/b22-17+. The molecule has 0 spiro atoms. The molecule has 3 aromatic carbocycles. The number of carbonyl (C=O) groups is 1. The first-order chi connectivity index (χ1) is 14.2. The van der Waals surface area contributed by atoms with Crippen LogP contribution in [0.4, 0.5) is 0 Å². The number of fused-ring (bicyclic) bond motifs is 1. The van der Waals surface area contributed by atoms with E-state index >= 15 is 0 Å². The van der Waals surface area contributed by atoms with Crippen LogP contribution in [0.15, 0.2) is 78.9 Å². The molecule has 0 aliphatic carbocycles. The Balaban J connectivity index is 1.65. The molecule has 4 nitrogen and oxygen atoms in total. The van der Waals surface area contributed by atoms with Crippen molar-refractivity contribution in [1.29, 1.82) is 0 Å². The minimum absolute atomic E-state index is 0.0737. The minimum Gasteiger partial charge on any atom is -0.497 e. The highest BCUT2D eigenvalue weighted by molar-refractivity contribution is 6.24. The summed E-state index contributed by atoms with van der Waals surface area (Å²) in [7, 11) is 1.64. The lowest BCUT2D eigenvalue weighted by Crippen LogP contribution is -2.32. The Morgan fingerprint density at radius 1 is 1.00 bits per heavy atom.